The summed E-state index contributed by atoms with van der Waals surface area (Å²) in [5.74, 6) is 0.0427. The number of amides is 1. The Morgan fingerprint density at radius 3 is 2.94 bits per heavy atom. The molecular formula is C12H24N2O3. The van der Waals surface area contributed by atoms with Crippen LogP contribution < -0.4 is 11.1 Å². The molecule has 0 bridgehead atoms. The van der Waals surface area contributed by atoms with Crippen LogP contribution in [-0.4, -0.2) is 43.9 Å². The predicted octanol–water partition coefficient (Wildman–Crippen LogP) is 0.424. The summed E-state index contributed by atoms with van der Waals surface area (Å²) in [6.45, 7) is 5.84. The van der Waals surface area contributed by atoms with Crippen molar-refractivity contribution in [2.75, 3.05) is 19.8 Å². The lowest BCUT2D eigenvalue weighted by Gasteiger charge is -2.17. The molecule has 5 heteroatoms. The highest BCUT2D eigenvalue weighted by molar-refractivity contribution is 5.76. The maximum absolute atomic E-state index is 11.5. The van der Waals surface area contributed by atoms with Crippen LogP contribution in [0.15, 0.2) is 0 Å². The Kier molecular flexibility index (Phi) is 6.47. The summed E-state index contributed by atoms with van der Waals surface area (Å²) in [5.41, 5.74) is 5.59. The van der Waals surface area contributed by atoms with Gasteiger partial charge in [0.2, 0.25) is 5.91 Å². The van der Waals surface area contributed by atoms with Crippen LogP contribution in [0.3, 0.4) is 0 Å². The summed E-state index contributed by atoms with van der Waals surface area (Å²) in [4.78, 5) is 11.5. The molecule has 0 radical (unpaired) electrons. The van der Waals surface area contributed by atoms with Crippen LogP contribution in [0.2, 0.25) is 0 Å². The van der Waals surface area contributed by atoms with Crippen LogP contribution in [0.4, 0.5) is 0 Å². The van der Waals surface area contributed by atoms with E-state index in [0.29, 0.717) is 19.6 Å². The maximum atomic E-state index is 11.5. The van der Waals surface area contributed by atoms with Crippen molar-refractivity contribution in [3.05, 3.63) is 0 Å². The molecule has 1 fully saturated rings. The number of carbonyl (C=O) groups is 1. The normalized spacial score (nSPS) is 23.4. The first-order valence-corrected chi connectivity index (χ1v) is 6.32. The number of hydrogen-bond acceptors (Lipinski definition) is 4. The van der Waals surface area contributed by atoms with E-state index in [-0.39, 0.29) is 24.1 Å². The van der Waals surface area contributed by atoms with Gasteiger partial charge in [-0.05, 0) is 26.7 Å². The average Bonchev–Trinajstić information content (AvgIpc) is 2.76. The molecule has 0 aliphatic carbocycles. The van der Waals surface area contributed by atoms with Gasteiger partial charge in [0.05, 0.1) is 19.3 Å². The summed E-state index contributed by atoms with van der Waals surface area (Å²) < 4.78 is 10.8. The minimum Gasteiger partial charge on any atom is -0.379 e. The van der Waals surface area contributed by atoms with E-state index in [1.165, 1.54) is 0 Å². The van der Waals surface area contributed by atoms with E-state index >= 15 is 0 Å². The van der Waals surface area contributed by atoms with Crippen LogP contribution in [0, 0.1) is 0 Å². The highest BCUT2D eigenvalue weighted by atomic mass is 16.5. The third kappa shape index (κ3) is 6.61. The van der Waals surface area contributed by atoms with Gasteiger partial charge >= 0.3 is 0 Å². The van der Waals surface area contributed by atoms with Crippen molar-refractivity contribution in [3.8, 4) is 0 Å². The third-order valence-electron chi connectivity index (χ3n) is 2.70. The quantitative estimate of drug-likeness (QED) is 0.681. The van der Waals surface area contributed by atoms with Crippen LogP contribution in [0.1, 0.15) is 33.1 Å². The molecule has 5 nitrogen and oxygen atoms in total. The second kappa shape index (κ2) is 7.63. The SMILES string of the molecule is CC(N)CCC(=O)NC(C)COC1CCOC1. The predicted molar refractivity (Wildman–Crippen MR) is 65.7 cm³/mol. The first-order chi connectivity index (χ1) is 8.08. The number of rotatable bonds is 7. The Balaban J connectivity index is 2.06. The Morgan fingerprint density at radius 2 is 2.35 bits per heavy atom. The van der Waals surface area contributed by atoms with Crippen LogP contribution in [0.5, 0.6) is 0 Å². The second-order valence-electron chi connectivity index (χ2n) is 4.80. The van der Waals surface area contributed by atoms with E-state index in [1.54, 1.807) is 0 Å². The fraction of sp³-hybridized carbons (Fsp3) is 0.917. The summed E-state index contributed by atoms with van der Waals surface area (Å²) in [6, 6.07) is 0.110. The molecule has 1 aliphatic rings. The van der Waals surface area contributed by atoms with Crippen LogP contribution in [-0.2, 0) is 14.3 Å². The summed E-state index contributed by atoms with van der Waals surface area (Å²) in [7, 11) is 0. The summed E-state index contributed by atoms with van der Waals surface area (Å²) in [5, 5.41) is 2.90. The molecule has 3 atom stereocenters. The zero-order valence-electron chi connectivity index (χ0n) is 10.8. The van der Waals surface area contributed by atoms with E-state index in [0.717, 1.165) is 19.4 Å². The van der Waals surface area contributed by atoms with Crippen LogP contribution >= 0.6 is 0 Å². The molecular weight excluding hydrogens is 220 g/mol. The minimum atomic E-state index is 0.0381. The maximum Gasteiger partial charge on any atom is 0.220 e. The Bertz CT molecular complexity index is 228. The molecule has 0 aromatic heterocycles. The first-order valence-electron chi connectivity index (χ1n) is 6.32. The van der Waals surface area contributed by atoms with Gasteiger partial charge in [-0.3, -0.25) is 4.79 Å². The lowest BCUT2D eigenvalue weighted by Crippen LogP contribution is -2.37. The van der Waals surface area contributed by atoms with Gasteiger partial charge in [0.15, 0.2) is 0 Å². The summed E-state index contributed by atoms with van der Waals surface area (Å²) in [6.07, 6.45) is 2.34. The number of nitrogens with two attached hydrogens (primary N) is 1. The molecule has 1 saturated heterocycles. The minimum absolute atomic E-state index is 0.0381. The lowest BCUT2D eigenvalue weighted by molar-refractivity contribution is -0.122. The average molecular weight is 244 g/mol. The van der Waals surface area contributed by atoms with Crippen molar-refractivity contribution < 1.29 is 14.3 Å². The van der Waals surface area contributed by atoms with Crippen molar-refractivity contribution >= 4 is 5.91 Å². The van der Waals surface area contributed by atoms with Crippen molar-refractivity contribution in [2.45, 2.75) is 51.3 Å². The van der Waals surface area contributed by atoms with Gasteiger partial charge in [-0.1, -0.05) is 0 Å². The fourth-order valence-corrected chi connectivity index (χ4v) is 1.67. The van der Waals surface area contributed by atoms with E-state index in [4.69, 9.17) is 15.2 Å². The summed E-state index contributed by atoms with van der Waals surface area (Å²) >= 11 is 0. The molecule has 3 N–H and O–H groups in total. The Morgan fingerprint density at radius 1 is 1.59 bits per heavy atom. The van der Waals surface area contributed by atoms with Gasteiger partial charge in [0, 0.05) is 25.1 Å². The van der Waals surface area contributed by atoms with Crippen molar-refractivity contribution in [1.82, 2.24) is 5.32 Å². The molecule has 100 valence electrons. The van der Waals surface area contributed by atoms with E-state index in [2.05, 4.69) is 5.32 Å². The van der Waals surface area contributed by atoms with E-state index < -0.39 is 0 Å². The highest BCUT2D eigenvalue weighted by Crippen LogP contribution is 2.08. The monoisotopic (exact) mass is 244 g/mol. The number of ether oxygens (including phenoxy) is 2. The molecule has 0 spiro atoms. The molecule has 0 aromatic carbocycles. The van der Waals surface area contributed by atoms with Crippen molar-refractivity contribution in [2.24, 2.45) is 5.73 Å². The highest BCUT2D eigenvalue weighted by Gasteiger charge is 2.17. The molecule has 0 saturated carbocycles. The Labute approximate surface area is 103 Å². The molecule has 1 rings (SSSR count). The molecule has 1 aliphatic heterocycles. The van der Waals surface area contributed by atoms with E-state index in [1.807, 2.05) is 13.8 Å². The van der Waals surface area contributed by atoms with Gasteiger partial charge in [-0.2, -0.15) is 0 Å². The molecule has 0 aromatic rings. The van der Waals surface area contributed by atoms with Crippen molar-refractivity contribution in [3.63, 3.8) is 0 Å². The first kappa shape index (κ1) is 14.4. The van der Waals surface area contributed by atoms with Gasteiger partial charge in [-0.15, -0.1) is 0 Å². The third-order valence-corrected chi connectivity index (χ3v) is 2.70. The molecule has 1 heterocycles. The van der Waals surface area contributed by atoms with Gasteiger partial charge in [0.1, 0.15) is 0 Å². The van der Waals surface area contributed by atoms with E-state index in [9.17, 15) is 4.79 Å². The van der Waals surface area contributed by atoms with Crippen LogP contribution in [0.25, 0.3) is 0 Å². The lowest BCUT2D eigenvalue weighted by atomic mass is 10.2. The number of carbonyl (C=O) groups excluding carboxylic acids is 1. The van der Waals surface area contributed by atoms with Gasteiger partial charge < -0.3 is 20.5 Å². The number of nitrogens with one attached hydrogen (secondary N) is 1. The fourth-order valence-electron chi connectivity index (χ4n) is 1.67. The van der Waals surface area contributed by atoms with Gasteiger partial charge in [-0.25, -0.2) is 0 Å². The zero-order chi connectivity index (χ0) is 12.7. The smallest absolute Gasteiger partial charge is 0.220 e. The Hall–Kier alpha value is -0.650. The van der Waals surface area contributed by atoms with Gasteiger partial charge in [0.25, 0.3) is 0 Å². The zero-order valence-corrected chi connectivity index (χ0v) is 10.8. The largest absolute Gasteiger partial charge is 0.379 e. The van der Waals surface area contributed by atoms with Crippen molar-refractivity contribution in [1.29, 1.82) is 0 Å². The molecule has 17 heavy (non-hydrogen) atoms. The standard InChI is InChI=1S/C12H24N2O3/c1-9(13)3-4-12(15)14-10(2)7-17-11-5-6-16-8-11/h9-11H,3-8,13H2,1-2H3,(H,14,15). The molecule has 3 unspecified atom stereocenters. The topological polar surface area (TPSA) is 73.6 Å². The number of hydrogen-bond donors (Lipinski definition) is 2. The molecule has 1 amide bonds. The second-order valence-corrected chi connectivity index (χ2v) is 4.80.